The maximum absolute atomic E-state index is 12.3. The van der Waals surface area contributed by atoms with Crippen LogP contribution in [0.4, 0.5) is 0 Å². The highest BCUT2D eigenvalue weighted by molar-refractivity contribution is 5.95. The first-order chi connectivity index (χ1) is 9.81. The van der Waals surface area contributed by atoms with E-state index in [4.69, 9.17) is 0 Å². The average Bonchev–Trinajstić information content (AvgIpc) is 2.87. The Balaban J connectivity index is 2.09. The second-order valence-electron chi connectivity index (χ2n) is 5.61. The number of hydrogen-bond donors (Lipinski definition) is 2. The summed E-state index contributed by atoms with van der Waals surface area (Å²) in [7, 11) is 1.79. The molecule has 0 saturated heterocycles. The third-order valence-electron chi connectivity index (χ3n) is 3.77. The van der Waals surface area contributed by atoms with Gasteiger partial charge in [-0.2, -0.15) is 5.10 Å². The summed E-state index contributed by atoms with van der Waals surface area (Å²) in [6.07, 6.45) is 3.34. The minimum absolute atomic E-state index is 0.130. The molecule has 0 spiro atoms. The standard InChI is InChI=1S/C16H21N3O2/c1-11-6-5-7-14(12(11)2)15(20)17-10-16(3,21)13-8-18-19(4)9-13/h5-9,21H,10H2,1-4H3,(H,17,20). The Morgan fingerprint density at radius 1 is 1.43 bits per heavy atom. The molecule has 1 amide bonds. The summed E-state index contributed by atoms with van der Waals surface area (Å²) >= 11 is 0. The van der Waals surface area contributed by atoms with Crippen molar-refractivity contribution in [2.75, 3.05) is 6.54 Å². The molecule has 0 radical (unpaired) electrons. The highest BCUT2D eigenvalue weighted by atomic mass is 16.3. The van der Waals surface area contributed by atoms with Crippen molar-refractivity contribution in [1.82, 2.24) is 15.1 Å². The van der Waals surface area contributed by atoms with E-state index in [0.29, 0.717) is 11.1 Å². The lowest BCUT2D eigenvalue weighted by atomic mass is 9.99. The van der Waals surface area contributed by atoms with Crippen molar-refractivity contribution in [3.63, 3.8) is 0 Å². The molecule has 112 valence electrons. The number of aromatic nitrogens is 2. The van der Waals surface area contributed by atoms with Gasteiger partial charge >= 0.3 is 0 Å². The minimum atomic E-state index is -1.15. The highest BCUT2D eigenvalue weighted by Gasteiger charge is 2.25. The van der Waals surface area contributed by atoms with Gasteiger partial charge in [0.05, 0.1) is 12.7 Å². The number of amides is 1. The van der Waals surface area contributed by atoms with E-state index in [2.05, 4.69) is 10.4 Å². The van der Waals surface area contributed by atoms with Crippen LogP contribution in [0.3, 0.4) is 0 Å². The van der Waals surface area contributed by atoms with Crippen LogP contribution in [0.15, 0.2) is 30.6 Å². The van der Waals surface area contributed by atoms with Gasteiger partial charge in [-0.25, -0.2) is 0 Å². The minimum Gasteiger partial charge on any atom is -0.383 e. The van der Waals surface area contributed by atoms with Gasteiger partial charge in [-0.05, 0) is 38.0 Å². The molecule has 0 aliphatic heterocycles. The lowest BCUT2D eigenvalue weighted by molar-refractivity contribution is 0.0525. The Morgan fingerprint density at radius 3 is 2.76 bits per heavy atom. The van der Waals surface area contributed by atoms with Crippen molar-refractivity contribution in [3.8, 4) is 0 Å². The van der Waals surface area contributed by atoms with Crippen LogP contribution in [0.5, 0.6) is 0 Å². The molecule has 5 heteroatoms. The number of nitrogens with zero attached hydrogens (tertiary/aromatic N) is 2. The first-order valence-corrected chi connectivity index (χ1v) is 6.87. The van der Waals surface area contributed by atoms with E-state index in [9.17, 15) is 9.90 Å². The van der Waals surface area contributed by atoms with Crippen LogP contribution in [0.25, 0.3) is 0 Å². The van der Waals surface area contributed by atoms with E-state index in [-0.39, 0.29) is 12.5 Å². The van der Waals surface area contributed by atoms with Gasteiger partial charge in [0.15, 0.2) is 0 Å². The molecule has 0 fully saturated rings. The first-order valence-electron chi connectivity index (χ1n) is 6.87. The lowest BCUT2D eigenvalue weighted by Crippen LogP contribution is -2.38. The second-order valence-corrected chi connectivity index (χ2v) is 5.61. The molecule has 0 aliphatic rings. The summed E-state index contributed by atoms with van der Waals surface area (Å²) in [4.78, 5) is 12.3. The zero-order valence-corrected chi connectivity index (χ0v) is 12.8. The van der Waals surface area contributed by atoms with Crippen molar-refractivity contribution < 1.29 is 9.90 Å². The highest BCUT2D eigenvalue weighted by Crippen LogP contribution is 2.19. The van der Waals surface area contributed by atoms with Crippen LogP contribution in [-0.2, 0) is 12.6 Å². The summed E-state index contributed by atoms with van der Waals surface area (Å²) in [5.41, 5.74) is 2.18. The SMILES string of the molecule is Cc1cccc(C(=O)NCC(C)(O)c2cnn(C)c2)c1C. The molecule has 21 heavy (non-hydrogen) atoms. The number of benzene rings is 1. The number of aryl methyl sites for hydroxylation is 2. The predicted molar refractivity (Wildman–Crippen MR) is 81.0 cm³/mol. The molecule has 1 heterocycles. The normalized spacial score (nSPS) is 13.8. The van der Waals surface area contributed by atoms with Gasteiger partial charge in [-0.15, -0.1) is 0 Å². The molecule has 1 aromatic heterocycles. The molecule has 2 rings (SSSR count). The molecular weight excluding hydrogens is 266 g/mol. The number of carbonyl (C=O) groups excluding carboxylic acids is 1. The van der Waals surface area contributed by atoms with Gasteiger partial charge in [0.1, 0.15) is 5.60 Å². The number of aliphatic hydroxyl groups is 1. The Labute approximate surface area is 124 Å². The van der Waals surface area contributed by atoms with Crippen LogP contribution in [0.2, 0.25) is 0 Å². The Hall–Kier alpha value is -2.14. The maximum atomic E-state index is 12.3. The summed E-state index contributed by atoms with van der Waals surface area (Å²) in [6.45, 7) is 5.68. The lowest BCUT2D eigenvalue weighted by Gasteiger charge is -2.22. The Kier molecular flexibility index (Phi) is 4.14. The van der Waals surface area contributed by atoms with Crippen molar-refractivity contribution in [1.29, 1.82) is 0 Å². The molecule has 5 nitrogen and oxygen atoms in total. The first kappa shape index (κ1) is 15.3. The molecule has 2 aromatic rings. The fourth-order valence-electron chi connectivity index (χ4n) is 2.15. The molecule has 2 N–H and O–H groups in total. The van der Waals surface area contributed by atoms with Crippen LogP contribution in [-0.4, -0.2) is 27.3 Å². The predicted octanol–water partition coefficient (Wildman–Crippen LogP) is 1.67. The fourth-order valence-corrected chi connectivity index (χ4v) is 2.15. The van der Waals surface area contributed by atoms with E-state index < -0.39 is 5.60 Å². The summed E-state index contributed by atoms with van der Waals surface area (Å²) in [5.74, 6) is -0.180. The van der Waals surface area contributed by atoms with Crippen LogP contribution in [0.1, 0.15) is 34.0 Å². The van der Waals surface area contributed by atoms with E-state index in [1.165, 1.54) is 0 Å². The van der Waals surface area contributed by atoms with Gasteiger partial charge in [0.2, 0.25) is 0 Å². The zero-order valence-electron chi connectivity index (χ0n) is 12.8. The molecule has 1 unspecified atom stereocenters. The van der Waals surface area contributed by atoms with E-state index in [0.717, 1.165) is 11.1 Å². The van der Waals surface area contributed by atoms with Crippen LogP contribution in [0, 0.1) is 13.8 Å². The van der Waals surface area contributed by atoms with Gasteiger partial charge in [-0.3, -0.25) is 9.48 Å². The number of hydrogen-bond acceptors (Lipinski definition) is 3. The van der Waals surface area contributed by atoms with Gasteiger partial charge in [0, 0.05) is 24.4 Å². The summed E-state index contributed by atoms with van der Waals surface area (Å²) in [5, 5.41) is 17.3. The number of nitrogens with one attached hydrogen (secondary N) is 1. The van der Waals surface area contributed by atoms with Crippen molar-refractivity contribution in [2.24, 2.45) is 7.05 Å². The zero-order chi connectivity index (χ0) is 15.6. The molecular formula is C16H21N3O2. The quantitative estimate of drug-likeness (QED) is 0.899. The molecule has 0 bridgehead atoms. The number of carbonyl (C=O) groups is 1. The molecule has 1 aromatic carbocycles. The molecule has 0 aliphatic carbocycles. The van der Waals surface area contributed by atoms with Crippen LogP contribution < -0.4 is 5.32 Å². The Morgan fingerprint density at radius 2 is 2.14 bits per heavy atom. The van der Waals surface area contributed by atoms with Crippen molar-refractivity contribution in [2.45, 2.75) is 26.4 Å². The molecule has 1 atom stereocenters. The smallest absolute Gasteiger partial charge is 0.251 e. The summed E-state index contributed by atoms with van der Waals surface area (Å²) < 4.78 is 1.62. The van der Waals surface area contributed by atoms with E-state index in [1.54, 1.807) is 37.1 Å². The number of rotatable bonds is 4. The second kappa shape index (κ2) is 5.69. The van der Waals surface area contributed by atoms with Crippen molar-refractivity contribution >= 4 is 5.91 Å². The largest absolute Gasteiger partial charge is 0.383 e. The van der Waals surface area contributed by atoms with Crippen molar-refractivity contribution in [3.05, 3.63) is 52.8 Å². The maximum Gasteiger partial charge on any atom is 0.251 e. The van der Waals surface area contributed by atoms with Gasteiger partial charge < -0.3 is 10.4 Å². The van der Waals surface area contributed by atoms with Crippen LogP contribution >= 0.6 is 0 Å². The Bertz CT molecular complexity index is 659. The molecule has 0 saturated carbocycles. The third-order valence-corrected chi connectivity index (χ3v) is 3.77. The van der Waals surface area contributed by atoms with Gasteiger partial charge in [-0.1, -0.05) is 12.1 Å². The topological polar surface area (TPSA) is 67.2 Å². The van der Waals surface area contributed by atoms with E-state index >= 15 is 0 Å². The third kappa shape index (κ3) is 3.31. The average molecular weight is 287 g/mol. The van der Waals surface area contributed by atoms with E-state index in [1.807, 2.05) is 26.0 Å². The monoisotopic (exact) mass is 287 g/mol. The van der Waals surface area contributed by atoms with Gasteiger partial charge in [0.25, 0.3) is 5.91 Å². The summed E-state index contributed by atoms with van der Waals surface area (Å²) in [6, 6.07) is 5.62. The fraction of sp³-hybridized carbons (Fsp3) is 0.375.